The molecule has 0 radical (unpaired) electrons. The second kappa shape index (κ2) is 8.78. The van der Waals surface area contributed by atoms with E-state index >= 15 is 0 Å². The standard InChI is InChI=1S/C17H13N5O2.C5H9NO/c1-11-5-6-12(16-19-10-24-21-16)8-13(11)20-17(23)14-9-18-15-4-2-3-7-22(14)15;1-6-4-2-3-5(6)7/h2-10H,1H3,(H,20,23);2-4H2,1H3. The number of imidazole rings is 1. The van der Waals surface area contributed by atoms with Gasteiger partial charge in [-0.3, -0.25) is 14.0 Å². The van der Waals surface area contributed by atoms with Crippen molar-refractivity contribution in [2.45, 2.75) is 19.8 Å². The molecule has 5 rings (SSSR count). The number of benzene rings is 1. The molecule has 0 unspecified atom stereocenters. The second-order valence-corrected chi connectivity index (χ2v) is 7.23. The molecule has 4 heterocycles. The quantitative estimate of drug-likeness (QED) is 0.548. The van der Waals surface area contributed by atoms with Crippen molar-refractivity contribution in [2.24, 2.45) is 0 Å². The maximum absolute atomic E-state index is 12.6. The summed E-state index contributed by atoms with van der Waals surface area (Å²) in [5.41, 5.74) is 3.58. The highest BCUT2D eigenvalue weighted by Crippen LogP contribution is 2.23. The Labute approximate surface area is 178 Å². The van der Waals surface area contributed by atoms with Crippen LogP contribution in [0.2, 0.25) is 0 Å². The highest BCUT2D eigenvalue weighted by molar-refractivity contribution is 6.04. The summed E-state index contributed by atoms with van der Waals surface area (Å²) in [6, 6.07) is 11.2. The lowest BCUT2D eigenvalue weighted by molar-refractivity contribution is -0.126. The van der Waals surface area contributed by atoms with Crippen LogP contribution in [0.3, 0.4) is 0 Å². The van der Waals surface area contributed by atoms with Crippen LogP contribution in [-0.2, 0) is 4.79 Å². The molecule has 31 heavy (non-hydrogen) atoms. The van der Waals surface area contributed by atoms with Crippen LogP contribution >= 0.6 is 0 Å². The molecule has 1 aliphatic rings. The van der Waals surface area contributed by atoms with E-state index in [4.69, 9.17) is 4.52 Å². The minimum Gasteiger partial charge on any atom is -0.346 e. The summed E-state index contributed by atoms with van der Waals surface area (Å²) in [6.45, 7) is 2.88. The molecule has 2 amide bonds. The zero-order valence-electron chi connectivity index (χ0n) is 17.3. The van der Waals surface area contributed by atoms with Crippen LogP contribution in [0.1, 0.15) is 28.9 Å². The number of aryl methyl sites for hydroxylation is 1. The number of likely N-dealkylation sites (tertiary alicyclic amines) is 1. The third kappa shape index (κ3) is 4.45. The van der Waals surface area contributed by atoms with Gasteiger partial charge in [0.25, 0.3) is 5.91 Å². The highest BCUT2D eigenvalue weighted by Gasteiger charge is 2.15. The Morgan fingerprint density at radius 3 is 2.74 bits per heavy atom. The average molecular weight is 418 g/mol. The largest absolute Gasteiger partial charge is 0.346 e. The molecule has 158 valence electrons. The van der Waals surface area contributed by atoms with Crippen molar-refractivity contribution in [3.8, 4) is 11.4 Å². The first-order valence-corrected chi connectivity index (χ1v) is 9.88. The minimum atomic E-state index is -0.234. The molecule has 4 aromatic rings. The van der Waals surface area contributed by atoms with Crippen molar-refractivity contribution >= 4 is 23.1 Å². The van der Waals surface area contributed by atoms with E-state index in [1.54, 1.807) is 21.7 Å². The fourth-order valence-corrected chi connectivity index (χ4v) is 3.26. The normalized spacial score (nSPS) is 13.2. The summed E-state index contributed by atoms with van der Waals surface area (Å²) >= 11 is 0. The van der Waals surface area contributed by atoms with Crippen molar-refractivity contribution in [2.75, 3.05) is 18.9 Å². The van der Waals surface area contributed by atoms with Gasteiger partial charge in [-0.05, 0) is 37.1 Å². The number of pyridine rings is 1. The third-order valence-corrected chi connectivity index (χ3v) is 5.06. The van der Waals surface area contributed by atoms with E-state index in [2.05, 4.69) is 20.4 Å². The molecule has 1 aromatic carbocycles. The van der Waals surface area contributed by atoms with E-state index in [9.17, 15) is 9.59 Å². The zero-order chi connectivity index (χ0) is 21.8. The Balaban J connectivity index is 0.000000282. The number of carbonyl (C=O) groups excluding carboxylic acids is 2. The number of carbonyl (C=O) groups is 2. The van der Waals surface area contributed by atoms with E-state index in [0.29, 0.717) is 23.1 Å². The lowest BCUT2D eigenvalue weighted by Crippen LogP contribution is -2.17. The first-order chi connectivity index (χ1) is 15.0. The van der Waals surface area contributed by atoms with Crippen LogP contribution in [0.4, 0.5) is 5.69 Å². The Morgan fingerprint density at radius 2 is 2.06 bits per heavy atom. The van der Waals surface area contributed by atoms with Gasteiger partial charge in [-0.1, -0.05) is 23.4 Å². The number of anilines is 1. The molecule has 9 heteroatoms. The summed E-state index contributed by atoms with van der Waals surface area (Å²) in [4.78, 5) is 33.1. The molecule has 0 atom stereocenters. The Bertz CT molecular complexity index is 1220. The van der Waals surface area contributed by atoms with Crippen LogP contribution < -0.4 is 5.32 Å². The number of hydrogen-bond donors (Lipinski definition) is 1. The van der Waals surface area contributed by atoms with Gasteiger partial charge >= 0.3 is 0 Å². The van der Waals surface area contributed by atoms with Gasteiger partial charge in [0.05, 0.1) is 6.20 Å². The van der Waals surface area contributed by atoms with Gasteiger partial charge in [-0.25, -0.2) is 4.98 Å². The lowest BCUT2D eigenvalue weighted by atomic mass is 10.1. The summed E-state index contributed by atoms with van der Waals surface area (Å²) in [7, 11) is 1.84. The molecule has 1 fully saturated rings. The molecule has 0 bridgehead atoms. The molecule has 3 aromatic heterocycles. The second-order valence-electron chi connectivity index (χ2n) is 7.23. The maximum atomic E-state index is 12.6. The number of fused-ring (bicyclic) bond motifs is 1. The smallest absolute Gasteiger partial charge is 0.274 e. The Morgan fingerprint density at radius 1 is 1.19 bits per heavy atom. The van der Waals surface area contributed by atoms with Crippen molar-refractivity contribution in [3.63, 3.8) is 0 Å². The van der Waals surface area contributed by atoms with Crippen molar-refractivity contribution in [3.05, 3.63) is 66.4 Å². The van der Waals surface area contributed by atoms with E-state index in [0.717, 1.165) is 36.2 Å². The van der Waals surface area contributed by atoms with Gasteiger partial charge in [0.15, 0.2) is 0 Å². The summed E-state index contributed by atoms with van der Waals surface area (Å²) < 4.78 is 6.51. The average Bonchev–Trinajstić information content (AvgIpc) is 3.52. The minimum absolute atomic E-state index is 0.234. The predicted molar refractivity (Wildman–Crippen MR) is 114 cm³/mol. The topological polar surface area (TPSA) is 106 Å². The van der Waals surface area contributed by atoms with Gasteiger partial charge in [0, 0.05) is 37.5 Å². The summed E-state index contributed by atoms with van der Waals surface area (Å²) in [5, 5.41) is 6.74. The Kier molecular flexibility index (Phi) is 5.74. The monoisotopic (exact) mass is 418 g/mol. The molecular weight excluding hydrogens is 396 g/mol. The maximum Gasteiger partial charge on any atom is 0.274 e. The first-order valence-electron chi connectivity index (χ1n) is 9.88. The van der Waals surface area contributed by atoms with E-state index in [1.807, 2.05) is 50.4 Å². The van der Waals surface area contributed by atoms with Gasteiger partial charge in [-0.2, -0.15) is 4.98 Å². The number of nitrogens with zero attached hydrogens (tertiary/aromatic N) is 5. The number of amides is 2. The number of nitrogens with one attached hydrogen (secondary N) is 1. The van der Waals surface area contributed by atoms with E-state index in [-0.39, 0.29) is 5.91 Å². The van der Waals surface area contributed by atoms with E-state index in [1.165, 1.54) is 6.39 Å². The number of hydrogen-bond acceptors (Lipinski definition) is 6. The molecule has 0 spiro atoms. The molecule has 9 nitrogen and oxygen atoms in total. The molecule has 1 N–H and O–H groups in total. The highest BCUT2D eigenvalue weighted by atomic mass is 16.5. The molecule has 1 aliphatic heterocycles. The van der Waals surface area contributed by atoms with Gasteiger partial charge < -0.3 is 14.7 Å². The van der Waals surface area contributed by atoms with Crippen molar-refractivity contribution < 1.29 is 14.1 Å². The van der Waals surface area contributed by atoms with Gasteiger partial charge in [0.2, 0.25) is 18.1 Å². The first kappa shape index (κ1) is 20.3. The third-order valence-electron chi connectivity index (χ3n) is 5.06. The predicted octanol–water partition coefficient (Wildman–Crippen LogP) is 3.18. The van der Waals surface area contributed by atoms with Crippen LogP contribution in [0.5, 0.6) is 0 Å². The van der Waals surface area contributed by atoms with Crippen molar-refractivity contribution in [1.82, 2.24) is 24.4 Å². The van der Waals surface area contributed by atoms with Crippen LogP contribution in [-0.4, -0.2) is 49.8 Å². The lowest BCUT2D eigenvalue weighted by Gasteiger charge is -2.09. The van der Waals surface area contributed by atoms with Gasteiger partial charge in [0.1, 0.15) is 11.3 Å². The Hall–Kier alpha value is -4.01. The summed E-state index contributed by atoms with van der Waals surface area (Å²) in [6.07, 6.45) is 6.45. The van der Waals surface area contributed by atoms with Gasteiger partial charge in [-0.15, -0.1) is 0 Å². The molecule has 1 saturated heterocycles. The fourth-order valence-electron chi connectivity index (χ4n) is 3.26. The zero-order valence-corrected chi connectivity index (χ0v) is 17.3. The van der Waals surface area contributed by atoms with E-state index < -0.39 is 0 Å². The molecule has 0 saturated carbocycles. The van der Waals surface area contributed by atoms with Crippen LogP contribution in [0.15, 0.2) is 59.7 Å². The number of rotatable bonds is 3. The summed E-state index contributed by atoms with van der Waals surface area (Å²) in [5.74, 6) is 0.530. The molecular formula is C22H22N6O3. The fraction of sp³-hybridized carbons (Fsp3) is 0.227. The van der Waals surface area contributed by atoms with Crippen molar-refractivity contribution in [1.29, 1.82) is 0 Å². The van der Waals surface area contributed by atoms with Crippen LogP contribution in [0.25, 0.3) is 17.0 Å². The number of aromatic nitrogens is 4. The van der Waals surface area contributed by atoms with Crippen LogP contribution in [0, 0.1) is 6.92 Å². The molecule has 0 aliphatic carbocycles. The SMILES string of the molecule is CN1CCCC1=O.Cc1ccc(-c2ncon2)cc1NC(=O)c1cnc2ccccn12.